The first-order valence-corrected chi connectivity index (χ1v) is 7.13. The maximum Gasteiger partial charge on any atom is 0.241 e. The van der Waals surface area contributed by atoms with E-state index in [-0.39, 0.29) is 11.4 Å². The maximum absolute atomic E-state index is 12.5. The van der Waals surface area contributed by atoms with E-state index >= 15 is 0 Å². The molecule has 4 heteroatoms. The van der Waals surface area contributed by atoms with Crippen molar-refractivity contribution in [3.63, 3.8) is 0 Å². The molecule has 1 aromatic rings. The minimum atomic E-state index is -0.0605. The Kier molecular flexibility index (Phi) is 4.33. The lowest BCUT2D eigenvalue weighted by Crippen LogP contribution is -2.46. The lowest BCUT2D eigenvalue weighted by molar-refractivity contribution is -0.118. The summed E-state index contributed by atoms with van der Waals surface area (Å²) in [6.07, 6.45) is 2.00. The van der Waals surface area contributed by atoms with Gasteiger partial charge in [0.2, 0.25) is 5.91 Å². The van der Waals surface area contributed by atoms with E-state index in [0.29, 0.717) is 6.54 Å². The first kappa shape index (κ1) is 14.9. The molecule has 0 aromatic heterocycles. The van der Waals surface area contributed by atoms with Crippen LogP contribution in [0.3, 0.4) is 0 Å². The molecule has 2 rings (SSSR count). The zero-order valence-electron chi connectivity index (χ0n) is 12.8. The molecular formula is C16H24N2O2. The Bertz CT molecular complexity index is 477. The van der Waals surface area contributed by atoms with Gasteiger partial charge in [-0.05, 0) is 45.2 Å². The molecule has 0 radical (unpaired) electrons. The number of hydrogen-bond acceptors (Lipinski definition) is 3. The number of rotatable bonds is 3. The van der Waals surface area contributed by atoms with E-state index in [4.69, 9.17) is 4.74 Å². The van der Waals surface area contributed by atoms with Crippen LogP contribution in [0.1, 0.15) is 32.8 Å². The zero-order chi connectivity index (χ0) is 14.8. The summed E-state index contributed by atoms with van der Waals surface area (Å²) in [7, 11) is 1.65. The van der Waals surface area contributed by atoms with Crippen LogP contribution in [-0.2, 0) is 11.2 Å². The summed E-state index contributed by atoms with van der Waals surface area (Å²) < 4.78 is 5.42. The van der Waals surface area contributed by atoms with Gasteiger partial charge in [-0.1, -0.05) is 12.1 Å². The van der Waals surface area contributed by atoms with Crippen molar-refractivity contribution in [2.75, 3.05) is 25.1 Å². The summed E-state index contributed by atoms with van der Waals surface area (Å²) in [6, 6.07) is 5.98. The number of aryl methyl sites for hydroxylation is 1. The van der Waals surface area contributed by atoms with Crippen LogP contribution in [0.5, 0.6) is 5.75 Å². The molecule has 110 valence electrons. The molecule has 0 bridgehead atoms. The first-order valence-electron chi connectivity index (χ1n) is 7.13. The van der Waals surface area contributed by atoms with Crippen molar-refractivity contribution in [3.05, 3.63) is 23.8 Å². The number of carbonyl (C=O) groups excluding carboxylic acids is 1. The van der Waals surface area contributed by atoms with E-state index in [1.165, 1.54) is 5.56 Å². The third-order valence-electron chi connectivity index (χ3n) is 3.47. The van der Waals surface area contributed by atoms with E-state index in [0.717, 1.165) is 30.8 Å². The third kappa shape index (κ3) is 3.31. The van der Waals surface area contributed by atoms with Crippen molar-refractivity contribution < 1.29 is 9.53 Å². The maximum atomic E-state index is 12.5. The van der Waals surface area contributed by atoms with Crippen LogP contribution < -0.4 is 15.0 Å². The van der Waals surface area contributed by atoms with Crippen molar-refractivity contribution in [1.82, 2.24) is 5.32 Å². The van der Waals surface area contributed by atoms with Crippen LogP contribution in [0.25, 0.3) is 0 Å². The summed E-state index contributed by atoms with van der Waals surface area (Å²) in [5, 5.41) is 3.26. The summed E-state index contributed by atoms with van der Waals surface area (Å²) in [5.41, 5.74) is 2.08. The van der Waals surface area contributed by atoms with E-state index in [9.17, 15) is 4.79 Å². The molecule has 4 nitrogen and oxygen atoms in total. The number of hydrogen-bond donors (Lipinski definition) is 1. The molecule has 20 heavy (non-hydrogen) atoms. The summed E-state index contributed by atoms with van der Waals surface area (Å²) in [6.45, 7) is 7.29. The normalized spacial score (nSPS) is 14.9. The van der Waals surface area contributed by atoms with Crippen molar-refractivity contribution in [3.8, 4) is 5.75 Å². The van der Waals surface area contributed by atoms with Crippen LogP contribution in [0.15, 0.2) is 18.2 Å². The summed E-state index contributed by atoms with van der Waals surface area (Å²) in [4.78, 5) is 14.3. The van der Waals surface area contributed by atoms with Gasteiger partial charge < -0.3 is 15.0 Å². The Morgan fingerprint density at radius 3 is 2.80 bits per heavy atom. The van der Waals surface area contributed by atoms with Gasteiger partial charge in [0.05, 0.1) is 19.3 Å². The second-order valence-corrected chi connectivity index (χ2v) is 6.22. The number of methoxy groups -OCH3 is 1. The van der Waals surface area contributed by atoms with E-state index in [1.54, 1.807) is 7.11 Å². The number of anilines is 1. The fraction of sp³-hybridized carbons (Fsp3) is 0.562. The Labute approximate surface area is 121 Å². The molecule has 0 fully saturated rings. The highest BCUT2D eigenvalue weighted by atomic mass is 16.5. The summed E-state index contributed by atoms with van der Waals surface area (Å²) in [5.74, 6) is 0.886. The third-order valence-corrected chi connectivity index (χ3v) is 3.47. The molecule has 0 aliphatic carbocycles. The highest BCUT2D eigenvalue weighted by Gasteiger charge is 2.26. The van der Waals surface area contributed by atoms with Crippen molar-refractivity contribution in [2.45, 2.75) is 39.2 Å². The quantitative estimate of drug-likeness (QED) is 0.921. The molecule has 1 amide bonds. The van der Waals surface area contributed by atoms with Crippen LogP contribution in [0.2, 0.25) is 0 Å². The number of carbonyl (C=O) groups is 1. The molecule has 0 saturated carbocycles. The molecule has 1 aliphatic heterocycles. The Morgan fingerprint density at radius 2 is 2.15 bits per heavy atom. The van der Waals surface area contributed by atoms with Gasteiger partial charge in [0.1, 0.15) is 5.75 Å². The van der Waals surface area contributed by atoms with E-state index in [2.05, 4.69) is 32.2 Å². The monoisotopic (exact) mass is 276 g/mol. The Hall–Kier alpha value is -1.55. The largest absolute Gasteiger partial charge is 0.495 e. The lowest BCUT2D eigenvalue weighted by Gasteiger charge is -2.32. The number of benzene rings is 1. The molecule has 1 aliphatic rings. The van der Waals surface area contributed by atoms with Gasteiger partial charge in [-0.25, -0.2) is 0 Å². The first-order chi connectivity index (χ1) is 9.42. The molecule has 0 spiro atoms. The fourth-order valence-electron chi connectivity index (χ4n) is 2.47. The number of para-hydroxylation sites is 1. The van der Waals surface area contributed by atoms with Crippen molar-refractivity contribution >= 4 is 11.6 Å². The minimum Gasteiger partial charge on any atom is -0.495 e. The van der Waals surface area contributed by atoms with Crippen LogP contribution in [0, 0.1) is 0 Å². The average molecular weight is 276 g/mol. The highest BCUT2D eigenvalue weighted by Crippen LogP contribution is 2.36. The number of fused-ring (bicyclic) bond motifs is 1. The highest BCUT2D eigenvalue weighted by molar-refractivity contribution is 5.97. The number of nitrogens with zero attached hydrogens (tertiary/aromatic N) is 1. The molecular weight excluding hydrogens is 252 g/mol. The standard InChI is InChI=1S/C16H24N2O2/c1-16(2,3)17-11-14(19)18-10-6-8-12-7-5-9-13(20-4)15(12)18/h5,7,9,17H,6,8,10-11H2,1-4H3. The fourth-order valence-corrected chi connectivity index (χ4v) is 2.47. The van der Waals surface area contributed by atoms with E-state index < -0.39 is 0 Å². The van der Waals surface area contributed by atoms with Crippen LogP contribution in [0.4, 0.5) is 5.69 Å². The average Bonchev–Trinajstić information content (AvgIpc) is 2.42. The number of amides is 1. The molecule has 1 aromatic carbocycles. The minimum absolute atomic E-state index is 0.0605. The summed E-state index contributed by atoms with van der Waals surface area (Å²) >= 11 is 0. The van der Waals surface area contributed by atoms with Gasteiger partial charge in [-0.2, -0.15) is 0 Å². The second-order valence-electron chi connectivity index (χ2n) is 6.22. The Balaban J connectivity index is 2.21. The van der Waals surface area contributed by atoms with Gasteiger partial charge in [0.15, 0.2) is 0 Å². The predicted molar refractivity (Wildman–Crippen MR) is 81.4 cm³/mol. The number of nitrogens with one attached hydrogen (secondary N) is 1. The van der Waals surface area contributed by atoms with Crippen LogP contribution >= 0.6 is 0 Å². The zero-order valence-corrected chi connectivity index (χ0v) is 12.8. The SMILES string of the molecule is COc1cccc2c1N(C(=O)CNC(C)(C)C)CCC2. The Morgan fingerprint density at radius 1 is 1.40 bits per heavy atom. The van der Waals surface area contributed by atoms with Crippen molar-refractivity contribution in [1.29, 1.82) is 0 Å². The van der Waals surface area contributed by atoms with E-state index in [1.807, 2.05) is 17.0 Å². The smallest absolute Gasteiger partial charge is 0.241 e. The van der Waals surface area contributed by atoms with Gasteiger partial charge >= 0.3 is 0 Å². The van der Waals surface area contributed by atoms with Gasteiger partial charge in [-0.15, -0.1) is 0 Å². The molecule has 1 heterocycles. The van der Waals surface area contributed by atoms with Crippen molar-refractivity contribution in [2.24, 2.45) is 0 Å². The van der Waals surface area contributed by atoms with Gasteiger partial charge in [0.25, 0.3) is 0 Å². The molecule has 0 unspecified atom stereocenters. The molecule has 1 N–H and O–H groups in total. The predicted octanol–water partition coefficient (Wildman–Crippen LogP) is 2.36. The van der Waals surface area contributed by atoms with Gasteiger partial charge in [-0.3, -0.25) is 4.79 Å². The topological polar surface area (TPSA) is 41.6 Å². The molecule has 0 saturated heterocycles. The van der Waals surface area contributed by atoms with Gasteiger partial charge in [0, 0.05) is 12.1 Å². The second kappa shape index (κ2) is 5.83. The lowest BCUT2D eigenvalue weighted by atomic mass is 10.0. The van der Waals surface area contributed by atoms with Crippen LogP contribution in [-0.4, -0.2) is 31.6 Å². The number of ether oxygens (including phenoxy) is 1. The molecule has 0 atom stereocenters.